The lowest BCUT2D eigenvalue weighted by molar-refractivity contribution is 0.0702. The molecule has 2 N–H and O–H groups in total. The molecule has 0 aliphatic rings. The molecule has 0 spiro atoms. The van der Waals surface area contributed by atoms with Gasteiger partial charge in [0.2, 0.25) is 10.0 Å². The van der Waals surface area contributed by atoms with E-state index in [2.05, 4.69) is 0 Å². The summed E-state index contributed by atoms with van der Waals surface area (Å²) in [5, 5.41) is 17.7. The molecule has 18 heavy (non-hydrogen) atoms. The van der Waals surface area contributed by atoms with Gasteiger partial charge in [-0.1, -0.05) is 6.92 Å². The Morgan fingerprint density at radius 2 is 2.11 bits per heavy atom. The van der Waals surface area contributed by atoms with E-state index in [0.717, 1.165) is 21.7 Å². The summed E-state index contributed by atoms with van der Waals surface area (Å²) in [6.45, 7) is 3.17. The number of aliphatic hydroxyl groups is 1. The third kappa shape index (κ3) is 2.89. The Morgan fingerprint density at radius 3 is 2.50 bits per heavy atom. The number of carboxylic acid groups (broad SMARTS) is 1. The van der Waals surface area contributed by atoms with Crippen LogP contribution in [-0.2, 0) is 10.0 Å². The number of nitrogens with zero attached hydrogens (tertiary/aromatic N) is 1. The number of carbonyl (C=O) groups is 1. The van der Waals surface area contributed by atoms with Crippen molar-refractivity contribution in [2.45, 2.75) is 18.7 Å². The molecule has 0 bridgehead atoms. The van der Waals surface area contributed by atoms with Crippen molar-refractivity contribution in [3.8, 4) is 0 Å². The monoisotopic (exact) mass is 293 g/mol. The standard InChI is InChI=1S/C10H15NO5S2/c1-3-11(4-5-12)18(15,16)9-6-8(10(13)14)17-7(9)2/h6,12H,3-5H2,1-2H3,(H,13,14). The molecule has 6 nitrogen and oxygen atoms in total. The van der Waals surface area contributed by atoms with Crippen LogP contribution in [0, 0.1) is 6.92 Å². The molecule has 0 fully saturated rings. The Bertz CT molecular complexity index is 534. The average molecular weight is 293 g/mol. The van der Waals surface area contributed by atoms with Gasteiger partial charge in [0.15, 0.2) is 0 Å². The molecular formula is C10H15NO5S2. The van der Waals surface area contributed by atoms with Crippen molar-refractivity contribution in [3.63, 3.8) is 0 Å². The minimum atomic E-state index is -3.74. The SMILES string of the molecule is CCN(CCO)S(=O)(=O)c1cc(C(=O)O)sc1C. The lowest BCUT2D eigenvalue weighted by Gasteiger charge is -2.18. The molecule has 0 saturated carbocycles. The van der Waals surface area contributed by atoms with E-state index in [1.54, 1.807) is 13.8 Å². The summed E-state index contributed by atoms with van der Waals surface area (Å²) >= 11 is 0.927. The molecule has 1 aromatic heterocycles. The first-order valence-electron chi connectivity index (χ1n) is 5.29. The zero-order chi connectivity index (χ0) is 13.9. The number of hydrogen-bond donors (Lipinski definition) is 2. The Labute approximate surface area is 110 Å². The first-order chi connectivity index (χ1) is 8.34. The lowest BCUT2D eigenvalue weighted by Crippen LogP contribution is -2.33. The van der Waals surface area contributed by atoms with Crippen molar-refractivity contribution in [3.05, 3.63) is 15.8 Å². The summed E-state index contributed by atoms with van der Waals surface area (Å²) in [6, 6.07) is 1.16. The zero-order valence-electron chi connectivity index (χ0n) is 10.1. The smallest absolute Gasteiger partial charge is 0.345 e. The number of rotatable bonds is 6. The fraction of sp³-hybridized carbons (Fsp3) is 0.500. The minimum absolute atomic E-state index is 0.000185. The number of aromatic carboxylic acids is 1. The number of carboxylic acids is 1. The van der Waals surface area contributed by atoms with Crippen LogP contribution >= 0.6 is 11.3 Å². The van der Waals surface area contributed by atoms with Gasteiger partial charge >= 0.3 is 5.97 Å². The number of thiophene rings is 1. The van der Waals surface area contributed by atoms with Crippen LogP contribution in [0.1, 0.15) is 21.5 Å². The van der Waals surface area contributed by atoms with Gasteiger partial charge in [-0.2, -0.15) is 4.31 Å². The van der Waals surface area contributed by atoms with Crippen LogP contribution in [0.4, 0.5) is 0 Å². The molecule has 0 aliphatic heterocycles. The van der Waals surface area contributed by atoms with Gasteiger partial charge in [0.1, 0.15) is 4.88 Å². The van der Waals surface area contributed by atoms with Crippen LogP contribution in [0.2, 0.25) is 0 Å². The second-order valence-electron chi connectivity index (χ2n) is 3.56. The number of sulfonamides is 1. The second-order valence-corrected chi connectivity index (χ2v) is 6.72. The van der Waals surface area contributed by atoms with Gasteiger partial charge in [0.25, 0.3) is 0 Å². The number of aliphatic hydroxyl groups excluding tert-OH is 1. The van der Waals surface area contributed by atoms with Gasteiger partial charge in [-0.15, -0.1) is 11.3 Å². The first kappa shape index (κ1) is 15.1. The Balaban J connectivity index is 3.23. The van der Waals surface area contributed by atoms with Gasteiger partial charge in [0, 0.05) is 18.0 Å². The number of hydrogen-bond acceptors (Lipinski definition) is 5. The van der Waals surface area contributed by atoms with Crippen molar-refractivity contribution >= 4 is 27.3 Å². The number of aryl methyl sites for hydroxylation is 1. The molecule has 0 atom stereocenters. The molecule has 0 amide bonds. The largest absolute Gasteiger partial charge is 0.477 e. The molecular weight excluding hydrogens is 278 g/mol. The topological polar surface area (TPSA) is 94.9 Å². The van der Waals surface area contributed by atoms with Crippen LogP contribution in [-0.4, -0.2) is 48.6 Å². The molecule has 0 aliphatic carbocycles. The van der Waals surface area contributed by atoms with Crippen molar-refractivity contribution in [1.82, 2.24) is 4.31 Å². The van der Waals surface area contributed by atoms with Gasteiger partial charge < -0.3 is 10.2 Å². The highest BCUT2D eigenvalue weighted by Gasteiger charge is 2.27. The predicted octanol–water partition coefficient (Wildman–Crippen LogP) is 0.758. The Morgan fingerprint density at radius 1 is 1.50 bits per heavy atom. The third-order valence-electron chi connectivity index (χ3n) is 2.40. The fourth-order valence-electron chi connectivity index (χ4n) is 1.53. The quantitative estimate of drug-likeness (QED) is 0.807. The summed E-state index contributed by atoms with van der Waals surface area (Å²) < 4.78 is 25.6. The van der Waals surface area contributed by atoms with E-state index in [9.17, 15) is 13.2 Å². The third-order valence-corrected chi connectivity index (χ3v) is 5.67. The van der Waals surface area contributed by atoms with Crippen LogP contribution in [0.25, 0.3) is 0 Å². The maximum Gasteiger partial charge on any atom is 0.345 e. The van der Waals surface area contributed by atoms with E-state index in [-0.39, 0.29) is 29.5 Å². The summed E-state index contributed by atoms with van der Waals surface area (Å²) in [5.74, 6) is -1.14. The van der Waals surface area contributed by atoms with Gasteiger partial charge in [-0.05, 0) is 13.0 Å². The normalized spacial score (nSPS) is 12.0. The average Bonchev–Trinajstić information content (AvgIpc) is 2.68. The van der Waals surface area contributed by atoms with Crippen molar-refractivity contribution in [2.24, 2.45) is 0 Å². The van der Waals surface area contributed by atoms with E-state index in [1.807, 2.05) is 0 Å². The van der Waals surface area contributed by atoms with Gasteiger partial charge in [0.05, 0.1) is 11.5 Å². The number of likely N-dealkylation sites (N-methyl/N-ethyl adjacent to an activating group) is 1. The molecule has 0 aromatic carbocycles. The molecule has 0 saturated heterocycles. The van der Waals surface area contributed by atoms with E-state index in [1.165, 1.54) is 0 Å². The van der Waals surface area contributed by atoms with Crippen LogP contribution in [0.15, 0.2) is 11.0 Å². The van der Waals surface area contributed by atoms with Crippen LogP contribution < -0.4 is 0 Å². The summed E-state index contributed by atoms with van der Waals surface area (Å²) in [5.41, 5.74) is 0. The molecule has 1 rings (SSSR count). The van der Waals surface area contributed by atoms with Crippen molar-refractivity contribution in [2.75, 3.05) is 19.7 Å². The highest BCUT2D eigenvalue weighted by molar-refractivity contribution is 7.89. The molecule has 1 heterocycles. The maximum absolute atomic E-state index is 12.2. The highest BCUT2D eigenvalue weighted by Crippen LogP contribution is 2.28. The molecule has 0 radical (unpaired) electrons. The molecule has 102 valence electrons. The van der Waals surface area contributed by atoms with Gasteiger partial charge in [-0.3, -0.25) is 0 Å². The maximum atomic E-state index is 12.2. The van der Waals surface area contributed by atoms with E-state index in [0.29, 0.717) is 4.88 Å². The van der Waals surface area contributed by atoms with E-state index in [4.69, 9.17) is 10.2 Å². The van der Waals surface area contributed by atoms with E-state index < -0.39 is 16.0 Å². The van der Waals surface area contributed by atoms with Crippen LogP contribution in [0.5, 0.6) is 0 Å². The fourth-order valence-corrected chi connectivity index (χ4v) is 4.36. The summed E-state index contributed by atoms with van der Waals surface area (Å²) in [4.78, 5) is 11.2. The lowest BCUT2D eigenvalue weighted by atomic mass is 10.4. The van der Waals surface area contributed by atoms with Crippen molar-refractivity contribution in [1.29, 1.82) is 0 Å². The van der Waals surface area contributed by atoms with Crippen LogP contribution in [0.3, 0.4) is 0 Å². The Hall–Kier alpha value is -0.960. The molecule has 0 unspecified atom stereocenters. The molecule has 1 aromatic rings. The van der Waals surface area contributed by atoms with Gasteiger partial charge in [-0.25, -0.2) is 13.2 Å². The van der Waals surface area contributed by atoms with Crippen molar-refractivity contribution < 1.29 is 23.4 Å². The summed E-state index contributed by atoms with van der Waals surface area (Å²) in [6.07, 6.45) is 0. The summed E-state index contributed by atoms with van der Waals surface area (Å²) in [7, 11) is -3.74. The predicted molar refractivity (Wildman–Crippen MR) is 67.5 cm³/mol. The second kappa shape index (κ2) is 5.79. The zero-order valence-corrected chi connectivity index (χ0v) is 11.7. The highest BCUT2D eigenvalue weighted by atomic mass is 32.2. The minimum Gasteiger partial charge on any atom is -0.477 e. The molecule has 8 heteroatoms. The first-order valence-corrected chi connectivity index (χ1v) is 7.55. The van der Waals surface area contributed by atoms with E-state index >= 15 is 0 Å². The Kier molecular flexibility index (Phi) is 4.85.